The van der Waals surface area contributed by atoms with Crippen molar-refractivity contribution in [2.75, 3.05) is 41.0 Å². The summed E-state index contributed by atoms with van der Waals surface area (Å²) in [6.45, 7) is 4.38. The molecule has 8 nitrogen and oxygen atoms in total. The molecule has 0 heterocycles. The third-order valence-corrected chi connectivity index (χ3v) is 7.83. The maximum atomic E-state index is 12.6. The van der Waals surface area contributed by atoms with Gasteiger partial charge in [-0.2, -0.15) is 0 Å². The summed E-state index contributed by atoms with van der Waals surface area (Å²) in [7, 11) is 5.36. The summed E-state index contributed by atoms with van der Waals surface area (Å²) in [4.78, 5) is 36.5. The van der Waals surface area contributed by atoms with Crippen LogP contribution >= 0.6 is 0 Å². The summed E-state index contributed by atoms with van der Waals surface area (Å²) in [6.07, 6.45) is 39.5. The summed E-state index contributed by atoms with van der Waals surface area (Å²) in [5.41, 5.74) is 0. The summed E-state index contributed by atoms with van der Waals surface area (Å²) in [5, 5.41) is 11.6. The SMILES string of the molecule is CC/C=C/C/C=C/C/C=C/C/C=C/C/C=C/CCCC(=O)OCC(COCCC(C(=O)[O-])[N+](C)(C)C)OC(=O)CCC/C=C/CCCCCC. The van der Waals surface area contributed by atoms with Gasteiger partial charge in [0, 0.05) is 19.3 Å². The van der Waals surface area contributed by atoms with Crippen LogP contribution in [0.5, 0.6) is 0 Å². The van der Waals surface area contributed by atoms with E-state index in [9.17, 15) is 19.5 Å². The zero-order valence-electron chi connectivity index (χ0n) is 32.0. The Hall–Kier alpha value is -3.23. The van der Waals surface area contributed by atoms with E-state index < -0.39 is 18.1 Å². The van der Waals surface area contributed by atoms with E-state index in [-0.39, 0.29) is 55.5 Å². The smallest absolute Gasteiger partial charge is 0.306 e. The number of nitrogens with zero attached hydrogens (tertiary/aromatic N) is 1. The molecule has 0 saturated heterocycles. The second-order valence-electron chi connectivity index (χ2n) is 13.4. The third kappa shape index (κ3) is 30.8. The molecule has 2 unspecified atom stereocenters. The van der Waals surface area contributed by atoms with Gasteiger partial charge in [-0.1, -0.05) is 106 Å². The highest BCUT2D eigenvalue weighted by Gasteiger charge is 2.25. The average Bonchev–Trinajstić information content (AvgIpc) is 3.06. The molecule has 0 N–H and O–H groups in total. The summed E-state index contributed by atoms with van der Waals surface area (Å²) in [5.74, 6) is -1.87. The number of carboxylic acid groups (broad SMARTS) is 1. The lowest BCUT2D eigenvalue weighted by atomic mass is 10.1. The summed E-state index contributed by atoms with van der Waals surface area (Å²) < 4.78 is 16.9. The molecule has 0 bridgehead atoms. The number of carbonyl (C=O) groups excluding carboxylic acids is 3. The zero-order chi connectivity index (χ0) is 37.1. The van der Waals surface area contributed by atoms with E-state index in [0.29, 0.717) is 12.8 Å². The lowest BCUT2D eigenvalue weighted by molar-refractivity contribution is -0.889. The number of likely N-dealkylation sites (N-methyl/N-ethyl adjacent to an activating group) is 1. The Morgan fingerprint density at radius 2 is 1.12 bits per heavy atom. The predicted octanol–water partition coefficient (Wildman–Crippen LogP) is 8.29. The highest BCUT2D eigenvalue weighted by Crippen LogP contribution is 2.10. The quantitative estimate of drug-likeness (QED) is 0.0301. The lowest BCUT2D eigenvalue weighted by Gasteiger charge is -2.34. The number of rotatable bonds is 32. The van der Waals surface area contributed by atoms with Gasteiger partial charge in [-0.15, -0.1) is 0 Å². The Balaban J connectivity index is 4.53. The number of ether oxygens (including phenoxy) is 3. The summed E-state index contributed by atoms with van der Waals surface area (Å²) in [6, 6.07) is -0.739. The van der Waals surface area contributed by atoms with Crippen LogP contribution in [0.4, 0.5) is 0 Å². The van der Waals surface area contributed by atoms with Crippen molar-refractivity contribution in [2.24, 2.45) is 0 Å². The second kappa shape index (κ2) is 32.9. The minimum atomic E-state index is -1.14. The largest absolute Gasteiger partial charge is 0.544 e. The second-order valence-corrected chi connectivity index (χ2v) is 13.4. The van der Waals surface area contributed by atoms with E-state index in [1.54, 1.807) is 21.1 Å². The van der Waals surface area contributed by atoms with Gasteiger partial charge < -0.3 is 28.6 Å². The first-order chi connectivity index (χ1) is 24.1. The van der Waals surface area contributed by atoms with Gasteiger partial charge in [-0.3, -0.25) is 9.59 Å². The molecule has 2 atom stereocenters. The van der Waals surface area contributed by atoms with Crippen LogP contribution in [0.3, 0.4) is 0 Å². The highest BCUT2D eigenvalue weighted by molar-refractivity contribution is 5.70. The number of unbranched alkanes of at least 4 members (excludes halogenated alkanes) is 6. The standard InChI is InChI=1S/C42H69NO7/c1-6-8-10-12-14-16-17-18-19-20-21-22-23-25-26-28-30-32-40(44)49-37-38(36-48-35-34-39(42(46)47)43(3,4)5)50-41(45)33-31-29-27-24-15-13-11-9-7-2/h8,10,14,16,18-19,21-22,24-27,38-39H,6-7,9,11-13,15,17,20,23,28-37H2,1-5H3/b10-8+,16-14+,19-18+,22-21+,26-25+,27-24+. The van der Waals surface area contributed by atoms with Gasteiger partial charge in [0.2, 0.25) is 0 Å². The molecule has 0 aromatic heterocycles. The number of aliphatic carboxylic acids is 1. The number of allylic oxidation sites excluding steroid dienone is 12. The van der Waals surface area contributed by atoms with E-state index >= 15 is 0 Å². The average molecular weight is 700 g/mol. The minimum absolute atomic E-state index is 0.00757. The molecule has 284 valence electrons. The fraction of sp³-hybridized carbons (Fsp3) is 0.643. The van der Waals surface area contributed by atoms with Gasteiger partial charge in [0.25, 0.3) is 0 Å². The molecule has 0 saturated carbocycles. The first-order valence-corrected chi connectivity index (χ1v) is 19.0. The Kier molecular flexibility index (Phi) is 30.8. The summed E-state index contributed by atoms with van der Waals surface area (Å²) >= 11 is 0. The number of carbonyl (C=O) groups is 3. The Morgan fingerprint density at radius 3 is 1.64 bits per heavy atom. The fourth-order valence-electron chi connectivity index (χ4n) is 4.87. The molecule has 0 amide bonds. The first kappa shape index (κ1) is 46.8. The molecule has 50 heavy (non-hydrogen) atoms. The Labute approximate surface area is 304 Å². The van der Waals surface area contributed by atoms with Gasteiger partial charge in [0.15, 0.2) is 6.10 Å². The van der Waals surface area contributed by atoms with Crippen molar-refractivity contribution in [1.29, 1.82) is 0 Å². The number of hydrogen-bond donors (Lipinski definition) is 0. The van der Waals surface area contributed by atoms with Gasteiger partial charge in [0.05, 0.1) is 40.3 Å². The molecule has 0 aliphatic heterocycles. The van der Waals surface area contributed by atoms with Crippen molar-refractivity contribution in [3.63, 3.8) is 0 Å². The molecule has 0 aliphatic carbocycles. The molecule has 0 spiro atoms. The number of carboxylic acids is 1. The van der Waals surface area contributed by atoms with Crippen LogP contribution in [0.1, 0.15) is 123 Å². The van der Waals surface area contributed by atoms with Crippen molar-refractivity contribution in [3.05, 3.63) is 72.9 Å². The van der Waals surface area contributed by atoms with Crippen molar-refractivity contribution in [3.8, 4) is 0 Å². The molecule has 8 heteroatoms. The van der Waals surface area contributed by atoms with Crippen LogP contribution < -0.4 is 5.11 Å². The molecule has 0 rings (SSSR count). The van der Waals surface area contributed by atoms with Gasteiger partial charge in [-0.25, -0.2) is 0 Å². The number of hydrogen-bond acceptors (Lipinski definition) is 7. The normalized spacial score (nSPS) is 13.9. The Bertz CT molecular complexity index is 1050. The van der Waals surface area contributed by atoms with Crippen molar-refractivity contribution in [2.45, 2.75) is 135 Å². The van der Waals surface area contributed by atoms with Crippen molar-refractivity contribution in [1.82, 2.24) is 0 Å². The molecule has 0 fully saturated rings. The highest BCUT2D eigenvalue weighted by atomic mass is 16.6. The number of esters is 2. The molecular weight excluding hydrogens is 630 g/mol. The van der Waals surface area contributed by atoms with Crippen LogP contribution in [0.2, 0.25) is 0 Å². The molecule has 0 aliphatic rings. The van der Waals surface area contributed by atoms with Gasteiger partial charge in [-0.05, 0) is 70.6 Å². The van der Waals surface area contributed by atoms with Crippen LogP contribution in [-0.4, -0.2) is 75.5 Å². The van der Waals surface area contributed by atoms with E-state index in [1.165, 1.54) is 25.7 Å². The monoisotopic (exact) mass is 700 g/mol. The Morgan fingerprint density at radius 1 is 0.620 bits per heavy atom. The van der Waals surface area contributed by atoms with E-state index in [1.807, 2.05) is 0 Å². The molecule has 0 aromatic rings. The zero-order valence-corrected chi connectivity index (χ0v) is 32.0. The van der Waals surface area contributed by atoms with Crippen LogP contribution in [-0.2, 0) is 28.6 Å². The molecular formula is C42H69NO7. The van der Waals surface area contributed by atoms with Crippen LogP contribution in [0.25, 0.3) is 0 Å². The lowest BCUT2D eigenvalue weighted by Crippen LogP contribution is -2.55. The maximum absolute atomic E-state index is 12.6. The van der Waals surface area contributed by atoms with Gasteiger partial charge >= 0.3 is 11.9 Å². The molecule has 0 radical (unpaired) electrons. The topological polar surface area (TPSA) is 102 Å². The van der Waals surface area contributed by atoms with Gasteiger partial charge in [0.1, 0.15) is 12.6 Å². The maximum Gasteiger partial charge on any atom is 0.306 e. The predicted molar refractivity (Wildman–Crippen MR) is 203 cm³/mol. The number of quaternary nitrogens is 1. The van der Waals surface area contributed by atoms with E-state index in [4.69, 9.17) is 14.2 Å². The van der Waals surface area contributed by atoms with Crippen molar-refractivity contribution < 1.29 is 38.2 Å². The fourth-order valence-corrected chi connectivity index (χ4v) is 4.87. The van der Waals surface area contributed by atoms with Crippen molar-refractivity contribution >= 4 is 17.9 Å². The van der Waals surface area contributed by atoms with Crippen LogP contribution in [0.15, 0.2) is 72.9 Å². The van der Waals surface area contributed by atoms with E-state index in [2.05, 4.69) is 86.8 Å². The van der Waals surface area contributed by atoms with Crippen LogP contribution in [0, 0.1) is 0 Å². The van der Waals surface area contributed by atoms with E-state index in [0.717, 1.165) is 51.4 Å². The minimum Gasteiger partial charge on any atom is -0.544 e. The third-order valence-electron chi connectivity index (χ3n) is 7.83. The first-order valence-electron chi connectivity index (χ1n) is 19.0. The molecule has 0 aromatic carbocycles.